The summed E-state index contributed by atoms with van der Waals surface area (Å²) in [6.07, 6.45) is 2.89. The molecule has 4 nitrogen and oxygen atoms in total. The summed E-state index contributed by atoms with van der Waals surface area (Å²) >= 11 is 0. The maximum absolute atomic E-state index is 11.7. The van der Waals surface area contributed by atoms with Gasteiger partial charge in [0.25, 0.3) is 0 Å². The molecule has 0 N–H and O–H groups in total. The molecule has 0 unspecified atom stereocenters. The van der Waals surface area contributed by atoms with E-state index in [9.17, 15) is 4.79 Å². The lowest BCUT2D eigenvalue weighted by Gasteiger charge is -2.29. The van der Waals surface area contributed by atoms with Crippen molar-refractivity contribution in [3.63, 3.8) is 0 Å². The Bertz CT molecular complexity index is 334. The average molecular weight is 222 g/mol. The van der Waals surface area contributed by atoms with Crippen LogP contribution in [0.25, 0.3) is 0 Å². The molecule has 4 heteroatoms. The van der Waals surface area contributed by atoms with Crippen LogP contribution in [-0.2, 0) is 4.74 Å². The van der Waals surface area contributed by atoms with Gasteiger partial charge in [0, 0.05) is 13.1 Å². The molecule has 88 valence electrons. The first-order chi connectivity index (χ1) is 7.42. The second-order valence-electron chi connectivity index (χ2n) is 4.87. The third kappa shape index (κ3) is 3.93. The highest BCUT2D eigenvalue weighted by atomic mass is 16.6. The molecular formula is C12H18N2O2. The number of hydrogen-bond acceptors (Lipinski definition) is 3. The van der Waals surface area contributed by atoms with Crippen LogP contribution in [-0.4, -0.2) is 29.7 Å². The first-order valence-corrected chi connectivity index (χ1v) is 5.45. The van der Waals surface area contributed by atoms with Crippen LogP contribution in [0.3, 0.4) is 0 Å². The summed E-state index contributed by atoms with van der Waals surface area (Å²) in [5.41, 5.74) is 0.663. The zero-order chi connectivity index (χ0) is 12.2. The molecule has 0 saturated heterocycles. The molecule has 0 spiro atoms. The van der Waals surface area contributed by atoms with Crippen molar-refractivity contribution in [1.82, 2.24) is 4.90 Å². The number of ether oxygens (including phenoxy) is 1. The van der Waals surface area contributed by atoms with Gasteiger partial charge in [-0.2, -0.15) is 5.26 Å². The van der Waals surface area contributed by atoms with Crippen LogP contribution in [0.4, 0.5) is 4.79 Å². The predicted octanol–water partition coefficient (Wildman–Crippen LogP) is 2.47. The van der Waals surface area contributed by atoms with E-state index < -0.39 is 5.60 Å². The van der Waals surface area contributed by atoms with E-state index in [-0.39, 0.29) is 6.09 Å². The Morgan fingerprint density at radius 3 is 2.75 bits per heavy atom. The maximum atomic E-state index is 11.7. The van der Waals surface area contributed by atoms with Crippen LogP contribution in [0.2, 0.25) is 0 Å². The summed E-state index contributed by atoms with van der Waals surface area (Å²) in [5, 5.41) is 8.55. The Morgan fingerprint density at radius 1 is 1.62 bits per heavy atom. The van der Waals surface area contributed by atoms with Crippen LogP contribution >= 0.6 is 0 Å². The summed E-state index contributed by atoms with van der Waals surface area (Å²) in [4.78, 5) is 13.3. The van der Waals surface area contributed by atoms with Gasteiger partial charge in [0.05, 0.1) is 12.5 Å². The lowest BCUT2D eigenvalue weighted by atomic mass is 10.1. The molecule has 0 atom stereocenters. The highest BCUT2D eigenvalue weighted by Crippen LogP contribution is 2.16. The van der Waals surface area contributed by atoms with E-state index in [2.05, 4.69) is 6.07 Å². The van der Waals surface area contributed by atoms with Gasteiger partial charge in [0.1, 0.15) is 5.60 Å². The SMILES string of the molecule is CC(C)(C)OC(=O)N1CC=C(CC#N)CC1. The monoisotopic (exact) mass is 222 g/mol. The molecule has 0 radical (unpaired) electrons. The lowest BCUT2D eigenvalue weighted by molar-refractivity contribution is 0.0266. The summed E-state index contributed by atoms with van der Waals surface area (Å²) in [5.74, 6) is 0. The van der Waals surface area contributed by atoms with Gasteiger partial charge in [0.2, 0.25) is 0 Å². The molecule has 0 bridgehead atoms. The largest absolute Gasteiger partial charge is 0.444 e. The van der Waals surface area contributed by atoms with Crippen molar-refractivity contribution in [3.05, 3.63) is 11.6 Å². The van der Waals surface area contributed by atoms with Crippen LogP contribution in [0.15, 0.2) is 11.6 Å². The third-order valence-corrected chi connectivity index (χ3v) is 2.26. The fourth-order valence-electron chi connectivity index (χ4n) is 1.47. The fourth-order valence-corrected chi connectivity index (χ4v) is 1.47. The van der Waals surface area contributed by atoms with Crippen molar-refractivity contribution in [2.45, 2.75) is 39.2 Å². The predicted molar refractivity (Wildman–Crippen MR) is 60.7 cm³/mol. The number of carbonyl (C=O) groups is 1. The molecule has 0 aromatic heterocycles. The minimum absolute atomic E-state index is 0.278. The van der Waals surface area contributed by atoms with Gasteiger partial charge in [0.15, 0.2) is 0 Å². The number of rotatable bonds is 1. The summed E-state index contributed by atoms with van der Waals surface area (Å²) in [6, 6.07) is 2.12. The van der Waals surface area contributed by atoms with Gasteiger partial charge in [-0.25, -0.2) is 4.79 Å². The molecule has 1 rings (SSSR count). The minimum atomic E-state index is -0.451. The normalized spacial score (nSPS) is 16.4. The second kappa shape index (κ2) is 5.02. The summed E-state index contributed by atoms with van der Waals surface area (Å²) in [7, 11) is 0. The number of amides is 1. The molecule has 1 heterocycles. The highest BCUT2D eigenvalue weighted by Gasteiger charge is 2.23. The van der Waals surface area contributed by atoms with Gasteiger partial charge >= 0.3 is 6.09 Å². The minimum Gasteiger partial charge on any atom is -0.444 e. The molecule has 0 saturated carbocycles. The topological polar surface area (TPSA) is 53.3 Å². The van der Waals surface area contributed by atoms with Gasteiger partial charge in [-0.05, 0) is 27.2 Å². The fraction of sp³-hybridized carbons (Fsp3) is 0.667. The standard InChI is InChI=1S/C12H18N2O2/c1-12(2,3)16-11(15)14-8-5-10(4-7-13)6-9-14/h5H,4,6,8-9H2,1-3H3. The van der Waals surface area contributed by atoms with Gasteiger partial charge < -0.3 is 9.64 Å². The zero-order valence-corrected chi connectivity index (χ0v) is 10.1. The van der Waals surface area contributed by atoms with E-state index >= 15 is 0 Å². The van der Waals surface area contributed by atoms with E-state index in [0.717, 1.165) is 12.0 Å². The van der Waals surface area contributed by atoms with Crippen molar-refractivity contribution in [2.75, 3.05) is 13.1 Å². The van der Waals surface area contributed by atoms with Crippen molar-refractivity contribution in [2.24, 2.45) is 0 Å². The first-order valence-electron chi connectivity index (χ1n) is 5.45. The Labute approximate surface area is 96.5 Å². The molecule has 0 fully saturated rings. The van der Waals surface area contributed by atoms with Crippen molar-refractivity contribution in [1.29, 1.82) is 5.26 Å². The highest BCUT2D eigenvalue weighted by molar-refractivity contribution is 5.68. The Kier molecular flexibility index (Phi) is 3.94. The first kappa shape index (κ1) is 12.6. The van der Waals surface area contributed by atoms with Crippen LogP contribution in [0.5, 0.6) is 0 Å². The zero-order valence-electron chi connectivity index (χ0n) is 10.1. The van der Waals surface area contributed by atoms with E-state index in [1.807, 2.05) is 26.8 Å². The van der Waals surface area contributed by atoms with Crippen LogP contribution < -0.4 is 0 Å². The van der Waals surface area contributed by atoms with E-state index in [1.54, 1.807) is 4.90 Å². The smallest absolute Gasteiger partial charge is 0.410 e. The Balaban J connectivity index is 2.48. The number of hydrogen-bond donors (Lipinski definition) is 0. The second-order valence-corrected chi connectivity index (χ2v) is 4.87. The van der Waals surface area contributed by atoms with Gasteiger partial charge in [-0.1, -0.05) is 11.6 Å². The van der Waals surface area contributed by atoms with Crippen molar-refractivity contribution in [3.8, 4) is 6.07 Å². The quantitative estimate of drug-likeness (QED) is 0.640. The van der Waals surface area contributed by atoms with Gasteiger partial charge in [-0.15, -0.1) is 0 Å². The molecule has 1 aliphatic heterocycles. The lowest BCUT2D eigenvalue weighted by Crippen LogP contribution is -2.39. The summed E-state index contributed by atoms with van der Waals surface area (Å²) in [6.45, 7) is 6.75. The van der Waals surface area contributed by atoms with E-state index in [4.69, 9.17) is 10.00 Å². The molecule has 1 aliphatic rings. The Morgan fingerprint density at radius 2 is 2.31 bits per heavy atom. The maximum Gasteiger partial charge on any atom is 0.410 e. The Hall–Kier alpha value is -1.50. The van der Waals surface area contributed by atoms with Crippen LogP contribution in [0.1, 0.15) is 33.6 Å². The summed E-state index contributed by atoms with van der Waals surface area (Å²) < 4.78 is 5.27. The average Bonchev–Trinajstić information content (AvgIpc) is 2.16. The number of nitrogens with zero attached hydrogens (tertiary/aromatic N) is 2. The number of carbonyl (C=O) groups excluding carboxylic acids is 1. The molecule has 0 aromatic carbocycles. The third-order valence-electron chi connectivity index (χ3n) is 2.26. The van der Waals surface area contributed by atoms with Gasteiger partial charge in [-0.3, -0.25) is 0 Å². The van der Waals surface area contributed by atoms with Crippen molar-refractivity contribution >= 4 is 6.09 Å². The molecular weight excluding hydrogens is 204 g/mol. The van der Waals surface area contributed by atoms with E-state index in [1.165, 1.54) is 0 Å². The molecule has 16 heavy (non-hydrogen) atoms. The molecule has 1 amide bonds. The molecule has 0 aliphatic carbocycles. The molecule has 0 aromatic rings. The number of nitriles is 1. The van der Waals surface area contributed by atoms with E-state index in [0.29, 0.717) is 19.5 Å². The van der Waals surface area contributed by atoms with Crippen LogP contribution in [0, 0.1) is 11.3 Å². The van der Waals surface area contributed by atoms with Crippen molar-refractivity contribution < 1.29 is 9.53 Å².